The molecule has 0 aromatic heterocycles. The third kappa shape index (κ3) is 10.3. The molecule has 0 spiro atoms. The van der Waals surface area contributed by atoms with Gasteiger partial charge in [0.15, 0.2) is 0 Å². The fourth-order valence-corrected chi connectivity index (χ4v) is 2.42. The molecule has 1 aromatic carbocycles. The SMILES string of the molecule is CCCCCCOC(=O)CCCC(=O)OCCc1cccc(Cl)c1. The molecule has 0 unspecified atom stereocenters. The minimum Gasteiger partial charge on any atom is -0.466 e. The summed E-state index contributed by atoms with van der Waals surface area (Å²) in [5, 5.41) is 0.673. The third-order valence-electron chi connectivity index (χ3n) is 3.57. The Morgan fingerprint density at radius 3 is 2.33 bits per heavy atom. The Kier molecular flexibility index (Phi) is 10.9. The van der Waals surface area contributed by atoms with Gasteiger partial charge in [0.2, 0.25) is 0 Å². The molecule has 0 heterocycles. The van der Waals surface area contributed by atoms with Crippen molar-refractivity contribution in [2.75, 3.05) is 13.2 Å². The van der Waals surface area contributed by atoms with E-state index in [0.29, 0.717) is 31.1 Å². The Bertz CT molecular complexity index is 502. The minimum atomic E-state index is -0.284. The maximum atomic E-state index is 11.6. The second kappa shape index (κ2) is 12.8. The zero-order chi connectivity index (χ0) is 17.6. The summed E-state index contributed by atoms with van der Waals surface area (Å²) in [6, 6.07) is 7.47. The quantitative estimate of drug-likeness (QED) is 0.402. The van der Waals surface area contributed by atoms with E-state index in [1.54, 1.807) is 6.07 Å². The second-order valence-corrected chi connectivity index (χ2v) is 6.17. The number of halogens is 1. The van der Waals surface area contributed by atoms with Crippen molar-refractivity contribution in [3.8, 4) is 0 Å². The maximum absolute atomic E-state index is 11.6. The Labute approximate surface area is 149 Å². The zero-order valence-corrected chi connectivity index (χ0v) is 15.1. The van der Waals surface area contributed by atoms with Gasteiger partial charge in [-0.05, 0) is 30.5 Å². The molecule has 1 rings (SSSR count). The van der Waals surface area contributed by atoms with Gasteiger partial charge in [0.05, 0.1) is 13.2 Å². The average molecular weight is 355 g/mol. The lowest BCUT2D eigenvalue weighted by Gasteiger charge is -2.06. The van der Waals surface area contributed by atoms with Crippen LogP contribution < -0.4 is 0 Å². The predicted octanol–water partition coefficient (Wildman–Crippen LogP) is 4.72. The molecule has 5 heteroatoms. The van der Waals surface area contributed by atoms with Gasteiger partial charge < -0.3 is 9.47 Å². The van der Waals surface area contributed by atoms with Crippen LogP contribution in [0.1, 0.15) is 57.4 Å². The fraction of sp³-hybridized carbons (Fsp3) is 0.579. The Morgan fingerprint density at radius 1 is 0.958 bits per heavy atom. The molecule has 0 aliphatic carbocycles. The smallest absolute Gasteiger partial charge is 0.305 e. The lowest BCUT2D eigenvalue weighted by Crippen LogP contribution is -2.10. The Hall–Kier alpha value is -1.55. The van der Waals surface area contributed by atoms with Crippen LogP contribution in [0.2, 0.25) is 5.02 Å². The lowest BCUT2D eigenvalue weighted by atomic mass is 10.2. The van der Waals surface area contributed by atoms with Gasteiger partial charge in [0.25, 0.3) is 0 Å². The van der Waals surface area contributed by atoms with Crippen molar-refractivity contribution >= 4 is 23.5 Å². The molecule has 0 bridgehead atoms. The van der Waals surface area contributed by atoms with Gasteiger partial charge in [0, 0.05) is 24.3 Å². The van der Waals surface area contributed by atoms with E-state index >= 15 is 0 Å². The molecule has 0 saturated carbocycles. The summed E-state index contributed by atoms with van der Waals surface area (Å²) in [5.74, 6) is -0.522. The van der Waals surface area contributed by atoms with Gasteiger partial charge in [0.1, 0.15) is 0 Å². The van der Waals surface area contributed by atoms with Crippen molar-refractivity contribution in [3.63, 3.8) is 0 Å². The molecular formula is C19H27ClO4. The van der Waals surface area contributed by atoms with Crippen molar-refractivity contribution in [3.05, 3.63) is 34.9 Å². The van der Waals surface area contributed by atoms with E-state index in [9.17, 15) is 9.59 Å². The molecule has 134 valence electrons. The number of carbonyl (C=O) groups excluding carboxylic acids is 2. The largest absolute Gasteiger partial charge is 0.466 e. The van der Waals surface area contributed by atoms with E-state index in [1.165, 1.54) is 6.42 Å². The van der Waals surface area contributed by atoms with E-state index < -0.39 is 0 Å². The van der Waals surface area contributed by atoms with Crippen LogP contribution in [0.5, 0.6) is 0 Å². The molecule has 24 heavy (non-hydrogen) atoms. The maximum Gasteiger partial charge on any atom is 0.305 e. The number of rotatable bonds is 12. The van der Waals surface area contributed by atoms with Crippen LogP contribution in [0.3, 0.4) is 0 Å². The fourth-order valence-electron chi connectivity index (χ4n) is 2.21. The van der Waals surface area contributed by atoms with Crippen molar-refractivity contribution in [2.24, 2.45) is 0 Å². The van der Waals surface area contributed by atoms with Crippen molar-refractivity contribution in [1.82, 2.24) is 0 Å². The number of esters is 2. The highest BCUT2D eigenvalue weighted by Crippen LogP contribution is 2.11. The first-order valence-corrected chi connectivity index (χ1v) is 9.05. The first-order chi connectivity index (χ1) is 11.6. The number of benzene rings is 1. The Balaban J connectivity index is 2.02. The minimum absolute atomic E-state index is 0.237. The molecule has 1 aromatic rings. The Morgan fingerprint density at radius 2 is 1.67 bits per heavy atom. The molecule has 0 fully saturated rings. The van der Waals surface area contributed by atoms with Crippen molar-refractivity contribution in [1.29, 1.82) is 0 Å². The second-order valence-electron chi connectivity index (χ2n) is 5.74. The van der Waals surface area contributed by atoms with Crippen LogP contribution in [0.4, 0.5) is 0 Å². The molecule has 0 radical (unpaired) electrons. The zero-order valence-electron chi connectivity index (χ0n) is 14.4. The standard InChI is InChI=1S/C19H27ClO4/c1-2-3-4-5-13-23-18(21)10-7-11-19(22)24-14-12-16-8-6-9-17(20)15-16/h6,8-9,15H,2-5,7,10-14H2,1H3. The van der Waals surface area contributed by atoms with Crippen molar-refractivity contribution in [2.45, 2.75) is 58.3 Å². The highest BCUT2D eigenvalue weighted by atomic mass is 35.5. The highest BCUT2D eigenvalue weighted by Gasteiger charge is 2.07. The highest BCUT2D eigenvalue weighted by molar-refractivity contribution is 6.30. The summed E-state index contributed by atoms with van der Waals surface area (Å²) in [4.78, 5) is 23.1. The normalized spacial score (nSPS) is 10.4. The molecule has 0 N–H and O–H groups in total. The third-order valence-corrected chi connectivity index (χ3v) is 3.80. The predicted molar refractivity (Wildman–Crippen MR) is 95.1 cm³/mol. The van der Waals surface area contributed by atoms with Crippen LogP contribution in [-0.2, 0) is 25.5 Å². The van der Waals surface area contributed by atoms with Gasteiger partial charge in [-0.15, -0.1) is 0 Å². The topological polar surface area (TPSA) is 52.6 Å². The van der Waals surface area contributed by atoms with Crippen LogP contribution >= 0.6 is 11.6 Å². The van der Waals surface area contributed by atoms with E-state index in [1.807, 2.05) is 18.2 Å². The number of carbonyl (C=O) groups is 2. The van der Waals surface area contributed by atoms with Gasteiger partial charge in [-0.1, -0.05) is 49.9 Å². The molecule has 0 aliphatic heterocycles. The van der Waals surface area contributed by atoms with E-state index in [-0.39, 0.29) is 24.8 Å². The van der Waals surface area contributed by atoms with E-state index in [0.717, 1.165) is 24.8 Å². The van der Waals surface area contributed by atoms with Crippen molar-refractivity contribution < 1.29 is 19.1 Å². The summed E-state index contributed by atoms with van der Waals surface area (Å²) >= 11 is 5.89. The molecular weight excluding hydrogens is 328 g/mol. The number of hydrogen-bond donors (Lipinski definition) is 0. The molecule has 0 atom stereocenters. The lowest BCUT2D eigenvalue weighted by molar-refractivity contribution is -0.145. The number of ether oxygens (including phenoxy) is 2. The number of unbranched alkanes of at least 4 members (excludes halogenated alkanes) is 3. The first-order valence-electron chi connectivity index (χ1n) is 8.67. The summed E-state index contributed by atoms with van der Waals surface area (Å²) in [6.07, 6.45) is 5.91. The van der Waals surface area contributed by atoms with E-state index in [4.69, 9.17) is 21.1 Å². The van der Waals surface area contributed by atoms with Crippen LogP contribution in [0.15, 0.2) is 24.3 Å². The number of hydrogen-bond acceptors (Lipinski definition) is 4. The van der Waals surface area contributed by atoms with Crippen LogP contribution in [0, 0.1) is 0 Å². The first kappa shape index (κ1) is 20.5. The summed E-state index contributed by atoms with van der Waals surface area (Å²) < 4.78 is 10.3. The average Bonchev–Trinajstić information content (AvgIpc) is 2.55. The van der Waals surface area contributed by atoms with E-state index in [2.05, 4.69) is 6.92 Å². The monoisotopic (exact) mass is 354 g/mol. The summed E-state index contributed by atoms with van der Waals surface area (Å²) in [7, 11) is 0. The van der Waals surface area contributed by atoms with Gasteiger partial charge in [-0.2, -0.15) is 0 Å². The van der Waals surface area contributed by atoms with Gasteiger partial charge in [-0.3, -0.25) is 9.59 Å². The van der Waals surface area contributed by atoms with Gasteiger partial charge in [-0.25, -0.2) is 0 Å². The summed E-state index contributed by atoms with van der Waals surface area (Å²) in [5.41, 5.74) is 1.03. The molecule has 0 saturated heterocycles. The molecule has 0 amide bonds. The van der Waals surface area contributed by atoms with Gasteiger partial charge >= 0.3 is 11.9 Å². The summed E-state index contributed by atoms with van der Waals surface area (Å²) in [6.45, 7) is 2.93. The molecule has 0 aliphatic rings. The van der Waals surface area contributed by atoms with Crippen LogP contribution in [-0.4, -0.2) is 25.2 Å². The van der Waals surface area contributed by atoms with Crippen LogP contribution in [0.25, 0.3) is 0 Å². The molecule has 4 nitrogen and oxygen atoms in total.